The van der Waals surface area contributed by atoms with E-state index in [0.717, 1.165) is 18.7 Å². The van der Waals surface area contributed by atoms with E-state index in [9.17, 15) is 4.39 Å². The van der Waals surface area contributed by atoms with Crippen molar-refractivity contribution >= 4 is 5.69 Å². The topological polar surface area (TPSA) is 29.3 Å². The first kappa shape index (κ1) is 9.99. The van der Waals surface area contributed by atoms with Crippen LogP contribution >= 0.6 is 0 Å². The van der Waals surface area contributed by atoms with Crippen LogP contribution in [0.5, 0.6) is 0 Å². The number of hydrogen-bond acceptors (Lipinski definition) is 2. The van der Waals surface area contributed by atoms with E-state index in [1.54, 1.807) is 6.07 Å². The second-order valence-electron chi connectivity index (χ2n) is 3.04. The molecule has 0 fully saturated rings. The normalized spacial score (nSPS) is 10.1. The molecule has 0 bridgehead atoms. The second kappa shape index (κ2) is 4.82. The molecule has 3 heteroatoms. The zero-order valence-electron chi connectivity index (χ0n) is 7.83. The van der Waals surface area contributed by atoms with Crippen LogP contribution in [-0.4, -0.2) is 20.1 Å². The highest BCUT2D eigenvalue weighted by Gasteiger charge is 2.00. The van der Waals surface area contributed by atoms with Gasteiger partial charge in [-0.15, -0.1) is 0 Å². The summed E-state index contributed by atoms with van der Waals surface area (Å²) in [7, 11) is 1.93. The molecule has 0 aliphatic rings. The van der Waals surface area contributed by atoms with Crippen LogP contribution in [0.2, 0.25) is 0 Å². The maximum atomic E-state index is 12.8. The van der Waals surface area contributed by atoms with Crippen molar-refractivity contribution in [3.63, 3.8) is 0 Å². The summed E-state index contributed by atoms with van der Waals surface area (Å²) in [6.45, 7) is 1.53. The van der Waals surface area contributed by atoms with E-state index in [4.69, 9.17) is 5.73 Å². The lowest BCUT2D eigenvalue weighted by molar-refractivity contribution is 0.627. The second-order valence-corrected chi connectivity index (χ2v) is 3.04. The molecule has 72 valence electrons. The van der Waals surface area contributed by atoms with Gasteiger partial charge >= 0.3 is 0 Å². The van der Waals surface area contributed by atoms with Gasteiger partial charge in [-0.25, -0.2) is 4.39 Å². The highest BCUT2D eigenvalue weighted by atomic mass is 19.1. The van der Waals surface area contributed by atoms with Gasteiger partial charge in [0.05, 0.1) is 0 Å². The van der Waals surface area contributed by atoms with Gasteiger partial charge in [0.1, 0.15) is 5.82 Å². The Morgan fingerprint density at radius 3 is 2.85 bits per heavy atom. The van der Waals surface area contributed by atoms with Gasteiger partial charge in [0.2, 0.25) is 0 Å². The van der Waals surface area contributed by atoms with Gasteiger partial charge in [0.25, 0.3) is 0 Å². The minimum Gasteiger partial charge on any atom is -0.374 e. The Balaban J connectivity index is 2.60. The third-order valence-electron chi connectivity index (χ3n) is 1.95. The Bertz CT molecular complexity index is 263. The van der Waals surface area contributed by atoms with Crippen LogP contribution in [0.4, 0.5) is 10.1 Å². The maximum Gasteiger partial charge on any atom is 0.125 e. The Kier molecular flexibility index (Phi) is 3.71. The predicted molar refractivity (Wildman–Crippen MR) is 53.3 cm³/mol. The lowest BCUT2D eigenvalue weighted by Gasteiger charge is -2.18. The molecule has 0 aliphatic heterocycles. The van der Waals surface area contributed by atoms with Crippen molar-refractivity contribution in [3.8, 4) is 0 Å². The van der Waals surface area contributed by atoms with E-state index in [2.05, 4.69) is 0 Å². The van der Waals surface area contributed by atoms with E-state index in [0.29, 0.717) is 6.54 Å². The molecule has 0 aromatic heterocycles. The smallest absolute Gasteiger partial charge is 0.125 e. The molecule has 13 heavy (non-hydrogen) atoms. The van der Waals surface area contributed by atoms with Crippen molar-refractivity contribution in [2.75, 3.05) is 25.0 Å². The molecule has 0 spiro atoms. The van der Waals surface area contributed by atoms with Crippen LogP contribution < -0.4 is 10.6 Å². The van der Waals surface area contributed by atoms with Crippen molar-refractivity contribution < 1.29 is 4.39 Å². The monoisotopic (exact) mass is 182 g/mol. The fraction of sp³-hybridized carbons (Fsp3) is 0.400. The molecule has 0 aliphatic carbocycles. The van der Waals surface area contributed by atoms with Crippen LogP contribution in [0.15, 0.2) is 24.3 Å². The molecule has 2 nitrogen and oxygen atoms in total. The van der Waals surface area contributed by atoms with E-state index in [-0.39, 0.29) is 5.82 Å². The molecule has 2 N–H and O–H groups in total. The van der Waals surface area contributed by atoms with E-state index >= 15 is 0 Å². The molecule has 0 amide bonds. The van der Waals surface area contributed by atoms with E-state index in [1.165, 1.54) is 12.1 Å². The Morgan fingerprint density at radius 1 is 1.46 bits per heavy atom. The fourth-order valence-electron chi connectivity index (χ4n) is 1.17. The molecule has 0 saturated carbocycles. The molecule has 1 aromatic rings. The molecule has 0 atom stereocenters. The third kappa shape index (κ3) is 3.03. The van der Waals surface area contributed by atoms with Crippen LogP contribution in [0.1, 0.15) is 6.42 Å². The number of halogens is 1. The maximum absolute atomic E-state index is 12.8. The van der Waals surface area contributed by atoms with Crippen LogP contribution in [0.25, 0.3) is 0 Å². The van der Waals surface area contributed by atoms with Gasteiger partial charge in [0.15, 0.2) is 0 Å². The third-order valence-corrected chi connectivity index (χ3v) is 1.95. The summed E-state index contributed by atoms with van der Waals surface area (Å²) in [4.78, 5) is 2.00. The Labute approximate surface area is 78.2 Å². The summed E-state index contributed by atoms with van der Waals surface area (Å²) >= 11 is 0. The number of nitrogens with two attached hydrogens (primary N) is 1. The van der Waals surface area contributed by atoms with Crippen LogP contribution in [0, 0.1) is 5.82 Å². The molecular formula is C10H15FN2. The number of anilines is 1. The fourth-order valence-corrected chi connectivity index (χ4v) is 1.17. The highest BCUT2D eigenvalue weighted by Crippen LogP contribution is 2.13. The summed E-state index contributed by atoms with van der Waals surface area (Å²) < 4.78 is 12.8. The van der Waals surface area contributed by atoms with Gasteiger partial charge in [-0.3, -0.25) is 0 Å². The number of benzene rings is 1. The molecule has 0 saturated heterocycles. The summed E-state index contributed by atoms with van der Waals surface area (Å²) in [5.74, 6) is -0.197. The Morgan fingerprint density at radius 2 is 2.23 bits per heavy atom. The van der Waals surface area contributed by atoms with Gasteiger partial charge < -0.3 is 10.6 Å². The molecule has 0 heterocycles. The van der Waals surface area contributed by atoms with Gasteiger partial charge in [0, 0.05) is 19.3 Å². The SMILES string of the molecule is CN(CCCN)c1cccc(F)c1. The quantitative estimate of drug-likeness (QED) is 0.766. The summed E-state index contributed by atoms with van der Waals surface area (Å²) in [6, 6.07) is 6.57. The first-order valence-electron chi connectivity index (χ1n) is 4.41. The van der Waals surface area contributed by atoms with Gasteiger partial charge in [-0.05, 0) is 31.2 Å². The Hall–Kier alpha value is -1.09. The van der Waals surface area contributed by atoms with Crippen molar-refractivity contribution in [3.05, 3.63) is 30.1 Å². The number of nitrogens with zero attached hydrogens (tertiary/aromatic N) is 1. The largest absolute Gasteiger partial charge is 0.374 e. The first-order valence-corrected chi connectivity index (χ1v) is 4.41. The van der Waals surface area contributed by atoms with Crippen molar-refractivity contribution in [1.29, 1.82) is 0 Å². The van der Waals surface area contributed by atoms with Gasteiger partial charge in [-0.1, -0.05) is 6.07 Å². The van der Waals surface area contributed by atoms with Crippen molar-refractivity contribution in [2.45, 2.75) is 6.42 Å². The van der Waals surface area contributed by atoms with Crippen molar-refractivity contribution in [1.82, 2.24) is 0 Å². The zero-order valence-corrected chi connectivity index (χ0v) is 7.83. The molecule has 0 unspecified atom stereocenters. The number of hydrogen-bond donors (Lipinski definition) is 1. The molecular weight excluding hydrogens is 167 g/mol. The minimum atomic E-state index is -0.197. The van der Waals surface area contributed by atoms with Gasteiger partial charge in [-0.2, -0.15) is 0 Å². The lowest BCUT2D eigenvalue weighted by Crippen LogP contribution is -2.20. The average molecular weight is 182 g/mol. The standard InChI is InChI=1S/C10H15FN2/c1-13(7-3-6-12)10-5-2-4-9(11)8-10/h2,4-5,8H,3,6-7,12H2,1H3. The minimum absolute atomic E-state index is 0.197. The summed E-state index contributed by atoms with van der Waals surface area (Å²) in [5.41, 5.74) is 6.28. The van der Waals surface area contributed by atoms with Crippen LogP contribution in [-0.2, 0) is 0 Å². The number of rotatable bonds is 4. The predicted octanol–water partition coefficient (Wildman–Crippen LogP) is 1.61. The lowest BCUT2D eigenvalue weighted by atomic mass is 10.3. The summed E-state index contributed by atoms with van der Waals surface area (Å²) in [6.07, 6.45) is 0.924. The molecule has 1 aromatic carbocycles. The summed E-state index contributed by atoms with van der Waals surface area (Å²) in [5, 5.41) is 0. The molecule has 0 radical (unpaired) electrons. The van der Waals surface area contributed by atoms with Crippen LogP contribution in [0.3, 0.4) is 0 Å². The van der Waals surface area contributed by atoms with E-state index in [1.807, 2.05) is 18.0 Å². The van der Waals surface area contributed by atoms with E-state index < -0.39 is 0 Å². The van der Waals surface area contributed by atoms with Crippen molar-refractivity contribution in [2.24, 2.45) is 5.73 Å². The highest BCUT2D eigenvalue weighted by molar-refractivity contribution is 5.45. The zero-order chi connectivity index (χ0) is 9.68. The average Bonchev–Trinajstić information content (AvgIpc) is 2.14. The first-order chi connectivity index (χ1) is 6.24. The molecule has 1 rings (SSSR count).